The van der Waals surface area contributed by atoms with Gasteiger partial charge in [-0.3, -0.25) is 16.2 Å². The van der Waals surface area contributed by atoms with E-state index in [0.717, 1.165) is 38.5 Å². The molecule has 0 aromatic rings. The van der Waals surface area contributed by atoms with Gasteiger partial charge in [-0.2, -0.15) is 6.92 Å². The molecular formula is C19H30BrClI5MgO2-. The predicted octanol–water partition coefficient (Wildman–Crippen LogP) is 2.64. The number of carbonyl (C=O) groups is 2. The summed E-state index contributed by atoms with van der Waals surface area (Å²) in [4.78, 5) is 21.3. The Morgan fingerprint density at radius 2 is 1.66 bits per heavy atom. The second-order valence-electron chi connectivity index (χ2n) is 5.35. The van der Waals surface area contributed by atoms with Crippen molar-refractivity contribution in [2.24, 2.45) is 5.92 Å². The van der Waals surface area contributed by atoms with Crippen molar-refractivity contribution in [3.63, 3.8) is 0 Å². The van der Waals surface area contributed by atoms with E-state index in [1.54, 1.807) is 13.0 Å². The number of carbonyl (C=O) groups excluding carboxylic acids is 2. The number of Topliss-reactive ketones (excluding diaryl/α,β-unsaturated/α-hetero) is 1. The van der Waals surface area contributed by atoms with Crippen molar-refractivity contribution in [2.45, 2.75) is 58.8 Å². The quantitative estimate of drug-likeness (QED) is 0.133. The molecule has 170 valence electrons. The van der Waals surface area contributed by atoms with E-state index >= 15 is 0 Å². The second kappa shape index (κ2) is 42.0. The van der Waals surface area contributed by atoms with Crippen molar-refractivity contribution in [1.29, 1.82) is 0 Å². The van der Waals surface area contributed by atoms with Gasteiger partial charge in [-0.05, 0) is 44.6 Å². The maximum atomic E-state index is 10.9. The van der Waals surface area contributed by atoms with E-state index in [4.69, 9.17) is 0 Å². The zero-order chi connectivity index (χ0) is 22.1. The second-order valence-corrected chi connectivity index (χ2v) is 21.6. The molecule has 1 atom stereocenters. The van der Waals surface area contributed by atoms with Crippen LogP contribution in [0.15, 0.2) is 30.9 Å². The summed E-state index contributed by atoms with van der Waals surface area (Å²) >= 11 is 14.2. The van der Waals surface area contributed by atoms with Gasteiger partial charge in [0.05, 0.1) is 0 Å². The third kappa shape index (κ3) is 42.4. The standard InChI is InChI=1S/C9H14O.C6H8O.C3H5.CH3Cl.BrH.I3.I2.Mg/c1-7(2)8-4-3-5-9(10)6-8;7-6-4-2-1-3-5-6;1-3-2;1-2;;1-3-2;1-2;/h8H,1,3-6H2,2H3;2,4H,1,3,5H2;1H2,2H3;1H3;1H;;;/q;;-1;;;-1;;+2/p-1/t8-;;;;;;;/m0......./s1. The summed E-state index contributed by atoms with van der Waals surface area (Å²) in [5.74, 6) is 1.19. The number of allylic oxidation sites excluding steroid dienone is 4. The molecule has 0 amide bonds. The molecule has 0 radical (unpaired) electrons. The molecule has 0 heterocycles. The molecule has 1 saturated carbocycles. The number of hydrogen-bond acceptors (Lipinski definition) is 2. The maximum absolute atomic E-state index is 10.9. The smallest absolute Gasteiger partial charge is 1.00 e. The van der Waals surface area contributed by atoms with Crippen LogP contribution in [-0.2, 0) is 9.59 Å². The molecule has 0 unspecified atom stereocenters. The van der Waals surface area contributed by atoms with E-state index in [1.807, 2.05) is 13.0 Å². The molecule has 0 aromatic heterocycles. The monoisotopic (exact) mass is 1060 g/mol. The van der Waals surface area contributed by atoms with Crippen molar-refractivity contribution >= 4 is 121 Å². The number of rotatable bonds is 1. The van der Waals surface area contributed by atoms with Gasteiger partial charge in [-0.1, -0.05) is 18.2 Å². The van der Waals surface area contributed by atoms with Crippen LogP contribution >= 0.6 is 86.1 Å². The third-order valence-corrected chi connectivity index (χ3v) is 3.28. The molecule has 0 bridgehead atoms. The van der Waals surface area contributed by atoms with Crippen LogP contribution in [-0.4, -0.2) is 41.0 Å². The fourth-order valence-corrected chi connectivity index (χ4v) is 2.14. The van der Waals surface area contributed by atoms with Crippen molar-refractivity contribution in [3.8, 4) is 0 Å². The largest absolute Gasteiger partial charge is 2.00 e. The molecule has 1 fully saturated rings. The van der Waals surface area contributed by atoms with Crippen LogP contribution < -0.4 is 30.2 Å². The van der Waals surface area contributed by atoms with Crippen LogP contribution in [0.25, 0.3) is 0 Å². The molecule has 10 heteroatoms. The van der Waals surface area contributed by atoms with E-state index in [0.29, 0.717) is 25.0 Å². The minimum Gasteiger partial charge on any atom is -1.00 e. The Balaban J connectivity index is -0.0000000617. The molecule has 0 aromatic carbocycles. The van der Waals surface area contributed by atoms with Gasteiger partial charge in [0.15, 0.2) is 5.78 Å². The zero-order valence-electron chi connectivity index (χ0n) is 17.3. The molecule has 2 nitrogen and oxygen atoms in total. The number of ketones is 2. The van der Waals surface area contributed by atoms with Gasteiger partial charge in [0, 0.05) is 62.9 Å². The Hall–Kier alpha value is 3.75. The van der Waals surface area contributed by atoms with Gasteiger partial charge in [-0.25, -0.2) is 0 Å². The Labute approximate surface area is 263 Å². The van der Waals surface area contributed by atoms with Gasteiger partial charge < -0.3 is 23.1 Å². The average molecular weight is 1060 g/mol. The molecule has 0 saturated heterocycles. The predicted molar refractivity (Wildman–Crippen MR) is 158 cm³/mol. The first-order valence-electron chi connectivity index (χ1n) is 8.12. The Morgan fingerprint density at radius 1 is 1.21 bits per heavy atom. The van der Waals surface area contributed by atoms with Crippen LogP contribution in [0.3, 0.4) is 0 Å². The van der Waals surface area contributed by atoms with Crippen molar-refractivity contribution in [1.82, 2.24) is 0 Å². The molecule has 2 aliphatic carbocycles. The summed E-state index contributed by atoms with van der Waals surface area (Å²) in [5, 5.41) is 0. The van der Waals surface area contributed by atoms with Crippen molar-refractivity contribution < 1.29 is 39.8 Å². The number of hydrogen-bond donors (Lipinski definition) is 0. The minimum atomic E-state index is 0. The van der Waals surface area contributed by atoms with Crippen molar-refractivity contribution in [2.75, 3.05) is 6.38 Å². The van der Waals surface area contributed by atoms with Crippen LogP contribution in [0.4, 0.5) is 0 Å². The van der Waals surface area contributed by atoms with Gasteiger partial charge >= 0.3 is 73.5 Å². The summed E-state index contributed by atoms with van der Waals surface area (Å²) in [7, 11) is 0. The Kier molecular flexibility index (Phi) is 66.7. The van der Waals surface area contributed by atoms with E-state index in [1.165, 1.54) is 18.4 Å². The summed E-state index contributed by atoms with van der Waals surface area (Å²) < 4.78 is 0. The first kappa shape index (κ1) is 46.1. The fraction of sp³-hybridized carbons (Fsp3) is 0.579. The summed E-state index contributed by atoms with van der Waals surface area (Å²) in [6, 6.07) is 0. The third-order valence-electron chi connectivity index (χ3n) is 3.28. The first-order chi connectivity index (χ1) is 12.9. The Morgan fingerprint density at radius 3 is 1.86 bits per heavy atom. The van der Waals surface area contributed by atoms with E-state index in [-0.39, 0.29) is 45.8 Å². The van der Waals surface area contributed by atoms with E-state index in [2.05, 4.69) is 105 Å². The van der Waals surface area contributed by atoms with E-state index in [9.17, 15) is 9.59 Å². The van der Waals surface area contributed by atoms with Crippen LogP contribution in [0.1, 0.15) is 58.8 Å². The Bertz CT molecular complexity index is 412. The topological polar surface area (TPSA) is 34.1 Å². The molecule has 29 heavy (non-hydrogen) atoms. The molecule has 2 aliphatic rings. The molecule has 0 aliphatic heterocycles. The van der Waals surface area contributed by atoms with Gasteiger partial charge in [-0.15, -0.1) is 11.6 Å². The SMILES string of the molecule is C=C(C)[C@H]1CCCC(=O)C1.C=[C-]C.CCl.II.I[I-]I.O=C1C=CCCC1.[Br-].[Mg+2]. The van der Waals surface area contributed by atoms with Crippen LogP contribution in [0.2, 0.25) is 0 Å². The summed E-state index contributed by atoms with van der Waals surface area (Å²) in [6.07, 6.45) is 14.3. The minimum absolute atomic E-state index is 0. The normalized spacial score (nSPS) is 15.7. The van der Waals surface area contributed by atoms with Gasteiger partial charge in [0.25, 0.3) is 0 Å². The average Bonchev–Trinajstić information content (AvgIpc) is 2.67. The zero-order valence-corrected chi connectivity index (χ0v) is 31.8. The maximum Gasteiger partial charge on any atom is 2.00 e. The summed E-state index contributed by atoms with van der Waals surface area (Å²) in [6.45, 7) is 10.9. The van der Waals surface area contributed by atoms with Crippen molar-refractivity contribution in [3.05, 3.63) is 37.0 Å². The van der Waals surface area contributed by atoms with Gasteiger partial charge in [0.2, 0.25) is 0 Å². The summed E-state index contributed by atoms with van der Waals surface area (Å²) in [5.41, 5.74) is 1.17. The molecule has 0 N–H and O–H groups in total. The number of halogens is 7. The molecule has 2 rings (SSSR count). The molecule has 0 spiro atoms. The fourth-order valence-electron chi connectivity index (χ4n) is 2.14. The van der Waals surface area contributed by atoms with Crippen LogP contribution in [0, 0.1) is 12.0 Å². The van der Waals surface area contributed by atoms with Crippen LogP contribution in [0.5, 0.6) is 0 Å². The number of alkyl halides is 1. The molecular weight excluding hydrogens is 1030 g/mol. The van der Waals surface area contributed by atoms with E-state index < -0.39 is 0 Å². The van der Waals surface area contributed by atoms with Gasteiger partial charge in [0.1, 0.15) is 5.78 Å². The first-order valence-corrected chi connectivity index (χ1v) is 27.7.